The molecule has 3 unspecified atom stereocenters. The molecule has 1 heterocycles. The highest BCUT2D eigenvalue weighted by Gasteiger charge is 2.40. The number of hydrogen-bond donors (Lipinski definition) is 2. The summed E-state index contributed by atoms with van der Waals surface area (Å²) in [5, 5.41) is 7.77. The Hall–Kier alpha value is -0.780. The number of fused-ring (bicyclic) bond motifs is 2. The van der Waals surface area contributed by atoms with E-state index in [0.29, 0.717) is 23.9 Å². The molecule has 0 aromatic carbocycles. The zero-order valence-electron chi connectivity index (χ0n) is 14.7. The van der Waals surface area contributed by atoms with E-state index in [1.807, 2.05) is 31.5 Å². The second-order valence-electron chi connectivity index (χ2n) is 7.26. The highest BCUT2D eigenvalue weighted by Crippen LogP contribution is 2.39. The Kier molecular flexibility index (Phi) is 7.57. The number of halogens is 2. The third-order valence-corrected chi connectivity index (χ3v) is 5.48. The van der Waals surface area contributed by atoms with Crippen molar-refractivity contribution in [2.45, 2.75) is 71.0 Å². The van der Waals surface area contributed by atoms with Crippen LogP contribution in [0.2, 0.25) is 0 Å². The number of amides is 1. The van der Waals surface area contributed by atoms with Gasteiger partial charge in [0.2, 0.25) is 5.91 Å². The molecule has 2 saturated carbocycles. The zero-order chi connectivity index (χ0) is 15.9. The molecule has 24 heavy (non-hydrogen) atoms. The Balaban J connectivity index is 0.00000144. The molecular weight excluding hydrogens is 347 g/mol. The maximum Gasteiger partial charge on any atom is 0.244 e. The van der Waals surface area contributed by atoms with E-state index >= 15 is 0 Å². The number of nitrogens with zero attached hydrogens (tertiary/aromatic N) is 2. The van der Waals surface area contributed by atoms with Crippen LogP contribution in [-0.4, -0.2) is 27.8 Å². The maximum atomic E-state index is 12.7. The molecule has 138 valence electrons. The number of aryl methyl sites for hydroxylation is 2. The lowest BCUT2D eigenvalue weighted by molar-refractivity contribution is -0.126. The third kappa shape index (κ3) is 4.24. The molecular formula is C17H30Cl2N4O. The van der Waals surface area contributed by atoms with Crippen molar-refractivity contribution in [2.24, 2.45) is 17.6 Å². The van der Waals surface area contributed by atoms with Crippen molar-refractivity contribution >= 4 is 30.7 Å². The van der Waals surface area contributed by atoms with Crippen LogP contribution in [0.25, 0.3) is 0 Å². The average Bonchev–Trinajstić information content (AvgIpc) is 2.77. The SMILES string of the molecule is Cc1cc(C)n(C(C)C(=O)NC2C3CCCC2CC(N)C3)n1.Cl.Cl. The van der Waals surface area contributed by atoms with Crippen molar-refractivity contribution in [3.05, 3.63) is 17.5 Å². The molecule has 3 N–H and O–H groups in total. The van der Waals surface area contributed by atoms with E-state index in [0.717, 1.165) is 24.2 Å². The fourth-order valence-corrected chi connectivity index (χ4v) is 4.46. The van der Waals surface area contributed by atoms with Gasteiger partial charge in [-0.05, 0) is 64.4 Å². The van der Waals surface area contributed by atoms with E-state index in [-0.39, 0.29) is 36.8 Å². The van der Waals surface area contributed by atoms with Crippen molar-refractivity contribution in [3.63, 3.8) is 0 Å². The van der Waals surface area contributed by atoms with E-state index in [1.54, 1.807) is 0 Å². The topological polar surface area (TPSA) is 72.9 Å². The minimum Gasteiger partial charge on any atom is -0.351 e. The number of nitrogens with two attached hydrogens (primary N) is 1. The van der Waals surface area contributed by atoms with E-state index in [2.05, 4.69) is 10.4 Å². The van der Waals surface area contributed by atoms with Gasteiger partial charge in [-0.15, -0.1) is 24.8 Å². The first kappa shape index (κ1) is 21.3. The van der Waals surface area contributed by atoms with Gasteiger partial charge in [-0.2, -0.15) is 5.10 Å². The van der Waals surface area contributed by atoms with Crippen molar-refractivity contribution in [2.75, 3.05) is 0 Å². The fourth-order valence-electron chi connectivity index (χ4n) is 4.46. The van der Waals surface area contributed by atoms with Gasteiger partial charge in [0, 0.05) is 17.8 Å². The van der Waals surface area contributed by atoms with Crippen LogP contribution < -0.4 is 11.1 Å². The predicted molar refractivity (Wildman–Crippen MR) is 101 cm³/mol. The van der Waals surface area contributed by atoms with Gasteiger partial charge in [-0.25, -0.2) is 0 Å². The largest absolute Gasteiger partial charge is 0.351 e. The molecule has 1 aromatic rings. The molecule has 2 aliphatic carbocycles. The Morgan fingerprint density at radius 1 is 1.29 bits per heavy atom. The molecule has 1 aromatic heterocycles. The lowest BCUT2D eigenvalue weighted by atomic mass is 9.67. The van der Waals surface area contributed by atoms with Crippen LogP contribution in [0.3, 0.4) is 0 Å². The average molecular weight is 377 g/mol. The molecule has 1 amide bonds. The molecule has 0 aliphatic heterocycles. The summed E-state index contributed by atoms with van der Waals surface area (Å²) in [4.78, 5) is 12.7. The van der Waals surface area contributed by atoms with Gasteiger partial charge in [0.1, 0.15) is 6.04 Å². The normalized spacial score (nSPS) is 29.8. The minimum absolute atomic E-state index is 0. The van der Waals surface area contributed by atoms with Crippen LogP contribution in [-0.2, 0) is 4.79 Å². The Morgan fingerprint density at radius 2 is 1.88 bits per heavy atom. The first-order chi connectivity index (χ1) is 10.5. The number of nitrogens with one attached hydrogen (secondary N) is 1. The summed E-state index contributed by atoms with van der Waals surface area (Å²) in [5.74, 6) is 1.20. The van der Waals surface area contributed by atoms with Crippen LogP contribution in [0.1, 0.15) is 56.5 Å². The summed E-state index contributed by atoms with van der Waals surface area (Å²) in [7, 11) is 0. The molecule has 2 bridgehead atoms. The van der Waals surface area contributed by atoms with Gasteiger partial charge in [0.15, 0.2) is 0 Å². The van der Waals surface area contributed by atoms with Crippen molar-refractivity contribution in [1.82, 2.24) is 15.1 Å². The first-order valence-electron chi connectivity index (χ1n) is 8.54. The number of carbonyl (C=O) groups excluding carboxylic acids is 1. The Morgan fingerprint density at radius 3 is 2.38 bits per heavy atom. The monoisotopic (exact) mass is 376 g/mol. The Bertz CT molecular complexity index is 549. The van der Waals surface area contributed by atoms with E-state index in [4.69, 9.17) is 5.73 Å². The molecule has 0 radical (unpaired) electrons. The number of rotatable bonds is 3. The van der Waals surface area contributed by atoms with Crippen LogP contribution in [0.15, 0.2) is 6.07 Å². The smallest absolute Gasteiger partial charge is 0.244 e. The van der Waals surface area contributed by atoms with Crippen molar-refractivity contribution in [1.29, 1.82) is 0 Å². The van der Waals surface area contributed by atoms with Crippen LogP contribution in [0.4, 0.5) is 0 Å². The van der Waals surface area contributed by atoms with Gasteiger partial charge in [0.05, 0.1) is 5.69 Å². The molecule has 3 atom stereocenters. The van der Waals surface area contributed by atoms with Gasteiger partial charge >= 0.3 is 0 Å². The zero-order valence-corrected chi connectivity index (χ0v) is 16.3. The number of carbonyl (C=O) groups is 1. The standard InChI is InChI=1S/C17H28N4O.2ClH/c1-10-7-11(2)21(20-10)12(3)17(22)19-16-13-5-4-6-14(16)9-15(18)8-13;;/h7,12-16H,4-6,8-9,18H2,1-3H3,(H,19,22);2*1H. The van der Waals surface area contributed by atoms with Gasteiger partial charge in [-0.1, -0.05) is 6.42 Å². The fraction of sp³-hybridized carbons (Fsp3) is 0.765. The highest BCUT2D eigenvalue weighted by molar-refractivity contribution is 5.85. The lowest BCUT2D eigenvalue weighted by Crippen LogP contribution is -2.54. The quantitative estimate of drug-likeness (QED) is 0.851. The second-order valence-corrected chi connectivity index (χ2v) is 7.26. The molecule has 2 aliphatic rings. The Labute approximate surface area is 156 Å². The summed E-state index contributed by atoms with van der Waals surface area (Å²) in [6.07, 6.45) is 5.78. The lowest BCUT2D eigenvalue weighted by Gasteiger charge is -2.45. The van der Waals surface area contributed by atoms with E-state index in [9.17, 15) is 4.79 Å². The third-order valence-electron chi connectivity index (χ3n) is 5.48. The number of hydrogen-bond acceptors (Lipinski definition) is 3. The van der Waals surface area contributed by atoms with E-state index in [1.165, 1.54) is 19.3 Å². The molecule has 7 heteroatoms. The van der Waals surface area contributed by atoms with Crippen LogP contribution >= 0.6 is 24.8 Å². The summed E-state index contributed by atoms with van der Waals surface area (Å²) >= 11 is 0. The van der Waals surface area contributed by atoms with Gasteiger partial charge < -0.3 is 11.1 Å². The highest BCUT2D eigenvalue weighted by atomic mass is 35.5. The summed E-state index contributed by atoms with van der Waals surface area (Å²) in [5.41, 5.74) is 8.15. The molecule has 3 rings (SSSR count). The predicted octanol–water partition coefficient (Wildman–Crippen LogP) is 2.93. The summed E-state index contributed by atoms with van der Waals surface area (Å²) in [6, 6.07) is 2.38. The van der Waals surface area contributed by atoms with Crippen molar-refractivity contribution in [3.8, 4) is 0 Å². The molecule has 0 saturated heterocycles. The van der Waals surface area contributed by atoms with Gasteiger partial charge in [-0.3, -0.25) is 9.48 Å². The van der Waals surface area contributed by atoms with E-state index < -0.39 is 0 Å². The van der Waals surface area contributed by atoms with Crippen LogP contribution in [0.5, 0.6) is 0 Å². The minimum atomic E-state index is -0.259. The van der Waals surface area contributed by atoms with Crippen molar-refractivity contribution < 1.29 is 4.79 Å². The molecule has 2 fully saturated rings. The maximum absolute atomic E-state index is 12.7. The summed E-state index contributed by atoms with van der Waals surface area (Å²) < 4.78 is 1.83. The summed E-state index contributed by atoms with van der Waals surface area (Å²) in [6.45, 7) is 5.89. The number of aromatic nitrogens is 2. The molecule has 5 nitrogen and oxygen atoms in total. The van der Waals surface area contributed by atoms with Gasteiger partial charge in [0.25, 0.3) is 0 Å². The molecule has 0 spiro atoms. The van der Waals surface area contributed by atoms with Crippen LogP contribution in [0, 0.1) is 25.7 Å². The first-order valence-corrected chi connectivity index (χ1v) is 8.54. The second kappa shape index (κ2) is 8.54.